The highest BCUT2D eigenvalue weighted by molar-refractivity contribution is 5.35. The standard InChI is InChI=1S/C16H22N2O/c1-13-5-6-16(14(2)11-13)19-12-15(7-8-17)18-9-3-4-10-18/h5-6,11,15H,3-4,7,9-10,12H2,1-2H3. The first-order chi connectivity index (χ1) is 9.20. The molecule has 1 atom stereocenters. The van der Waals surface area contributed by atoms with Crippen molar-refractivity contribution in [2.45, 2.75) is 39.2 Å². The molecule has 0 aliphatic carbocycles. The van der Waals surface area contributed by atoms with Gasteiger partial charge in [0.2, 0.25) is 0 Å². The van der Waals surface area contributed by atoms with Crippen molar-refractivity contribution >= 4 is 0 Å². The van der Waals surface area contributed by atoms with Crippen LogP contribution in [-0.4, -0.2) is 30.6 Å². The van der Waals surface area contributed by atoms with Crippen LogP contribution < -0.4 is 4.74 Å². The molecule has 1 saturated heterocycles. The quantitative estimate of drug-likeness (QED) is 0.814. The van der Waals surface area contributed by atoms with Gasteiger partial charge in [-0.25, -0.2) is 0 Å². The molecule has 102 valence electrons. The van der Waals surface area contributed by atoms with Gasteiger partial charge < -0.3 is 4.74 Å². The van der Waals surface area contributed by atoms with Crippen molar-refractivity contribution in [3.63, 3.8) is 0 Å². The maximum absolute atomic E-state index is 8.95. The molecule has 0 aromatic heterocycles. The lowest BCUT2D eigenvalue weighted by Crippen LogP contribution is -2.37. The molecule has 1 aliphatic heterocycles. The molecule has 1 fully saturated rings. The van der Waals surface area contributed by atoms with E-state index < -0.39 is 0 Å². The first kappa shape index (κ1) is 13.9. The summed E-state index contributed by atoms with van der Waals surface area (Å²) in [4.78, 5) is 2.38. The van der Waals surface area contributed by atoms with Crippen LogP contribution in [0.5, 0.6) is 5.75 Å². The fourth-order valence-corrected chi connectivity index (χ4v) is 2.65. The Bertz CT molecular complexity index is 458. The Balaban J connectivity index is 1.96. The summed E-state index contributed by atoms with van der Waals surface area (Å²) in [5, 5.41) is 8.95. The zero-order valence-electron chi connectivity index (χ0n) is 11.9. The number of aryl methyl sites for hydroxylation is 2. The Morgan fingerprint density at radius 2 is 2.05 bits per heavy atom. The summed E-state index contributed by atoms with van der Waals surface area (Å²) in [7, 11) is 0. The van der Waals surface area contributed by atoms with Crippen molar-refractivity contribution in [1.29, 1.82) is 5.26 Å². The van der Waals surface area contributed by atoms with Crippen LogP contribution in [0.2, 0.25) is 0 Å². The van der Waals surface area contributed by atoms with E-state index in [0.29, 0.717) is 13.0 Å². The Hall–Kier alpha value is -1.53. The van der Waals surface area contributed by atoms with E-state index in [4.69, 9.17) is 10.00 Å². The van der Waals surface area contributed by atoms with Gasteiger partial charge in [-0.05, 0) is 51.4 Å². The van der Waals surface area contributed by atoms with Crippen molar-refractivity contribution in [3.05, 3.63) is 29.3 Å². The summed E-state index contributed by atoms with van der Waals surface area (Å²) in [5.74, 6) is 0.938. The molecule has 0 bridgehead atoms. The largest absolute Gasteiger partial charge is 0.492 e. The monoisotopic (exact) mass is 258 g/mol. The Labute approximate surface area is 115 Å². The number of likely N-dealkylation sites (tertiary alicyclic amines) is 1. The van der Waals surface area contributed by atoms with Crippen LogP contribution in [0.3, 0.4) is 0 Å². The lowest BCUT2D eigenvalue weighted by Gasteiger charge is -2.25. The second-order valence-corrected chi connectivity index (χ2v) is 5.34. The third kappa shape index (κ3) is 3.71. The fourth-order valence-electron chi connectivity index (χ4n) is 2.65. The molecule has 1 heterocycles. The average Bonchev–Trinajstić information content (AvgIpc) is 2.90. The van der Waals surface area contributed by atoms with E-state index in [1.165, 1.54) is 18.4 Å². The first-order valence-electron chi connectivity index (χ1n) is 7.02. The van der Waals surface area contributed by atoms with E-state index in [9.17, 15) is 0 Å². The van der Waals surface area contributed by atoms with E-state index >= 15 is 0 Å². The topological polar surface area (TPSA) is 36.3 Å². The molecule has 0 spiro atoms. The lowest BCUT2D eigenvalue weighted by molar-refractivity contribution is 0.162. The molecular formula is C16H22N2O. The van der Waals surface area contributed by atoms with Crippen molar-refractivity contribution in [3.8, 4) is 11.8 Å². The molecule has 0 radical (unpaired) electrons. The third-order valence-corrected chi connectivity index (χ3v) is 3.75. The van der Waals surface area contributed by atoms with Crippen molar-refractivity contribution in [2.24, 2.45) is 0 Å². The normalized spacial score (nSPS) is 17.1. The van der Waals surface area contributed by atoms with Crippen molar-refractivity contribution < 1.29 is 4.74 Å². The van der Waals surface area contributed by atoms with E-state index in [0.717, 1.165) is 24.4 Å². The van der Waals surface area contributed by atoms with Gasteiger partial charge in [0.1, 0.15) is 12.4 Å². The fraction of sp³-hybridized carbons (Fsp3) is 0.562. The van der Waals surface area contributed by atoms with Crippen molar-refractivity contribution in [1.82, 2.24) is 4.90 Å². The Morgan fingerprint density at radius 1 is 1.32 bits per heavy atom. The van der Waals surface area contributed by atoms with Gasteiger partial charge in [-0.2, -0.15) is 5.26 Å². The van der Waals surface area contributed by atoms with E-state index in [2.05, 4.69) is 36.9 Å². The second-order valence-electron chi connectivity index (χ2n) is 5.34. The number of ether oxygens (including phenoxy) is 1. The van der Waals surface area contributed by atoms with Crippen LogP contribution in [0.15, 0.2) is 18.2 Å². The number of hydrogen-bond donors (Lipinski definition) is 0. The average molecular weight is 258 g/mol. The highest BCUT2D eigenvalue weighted by Crippen LogP contribution is 2.21. The molecule has 1 aliphatic rings. The van der Waals surface area contributed by atoms with Gasteiger partial charge in [-0.3, -0.25) is 4.90 Å². The molecule has 1 aromatic rings. The molecule has 0 saturated carbocycles. The maximum Gasteiger partial charge on any atom is 0.122 e. The molecule has 1 aromatic carbocycles. The Kier molecular flexibility index (Phi) is 4.81. The van der Waals surface area contributed by atoms with E-state index in [-0.39, 0.29) is 6.04 Å². The smallest absolute Gasteiger partial charge is 0.122 e. The number of nitrogens with zero attached hydrogens (tertiary/aromatic N) is 2. The highest BCUT2D eigenvalue weighted by atomic mass is 16.5. The SMILES string of the molecule is Cc1ccc(OCC(CC#N)N2CCCC2)c(C)c1. The van der Waals surface area contributed by atoms with E-state index in [1.807, 2.05) is 6.07 Å². The summed E-state index contributed by atoms with van der Waals surface area (Å²) in [6, 6.07) is 8.74. The maximum atomic E-state index is 8.95. The van der Waals surface area contributed by atoms with Crippen LogP contribution in [-0.2, 0) is 0 Å². The molecule has 19 heavy (non-hydrogen) atoms. The summed E-state index contributed by atoms with van der Waals surface area (Å²) in [5.41, 5.74) is 2.41. The predicted octanol–water partition coefficient (Wildman–Crippen LogP) is 3.06. The number of nitriles is 1. The van der Waals surface area contributed by atoms with E-state index in [1.54, 1.807) is 0 Å². The van der Waals surface area contributed by atoms with Crippen LogP contribution in [0.4, 0.5) is 0 Å². The minimum absolute atomic E-state index is 0.230. The third-order valence-electron chi connectivity index (χ3n) is 3.75. The van der Waals surface area contributed by atoms with Crippen LogP contribution in [0, 0.1) is 25.2 Å². The summed E-state index contributed by atoms with van der Waals surface area (Å²) >= 11 is 0. The van der Waals surface area contributed by atoms with Gasteiger partial charge in [0, 0.05) is 0 Å². The number of benzene rings is 1. The highest BCUT2D eigenvalue weighted by Gasteiger charge is 2.22. The summed E-state index contributed by atoms with van der Waals surface area (Å²) < 4.78 is 5.93. The van der Waals surface area contributed by atoms with Gasteiger partial charge >= 0.3 is 0 Å². The van der Waals surface area contributed by atoms with Gasteiger partial charge in [-0.1, -0.05) is 17.7 Å². The molecule has 2 rings (SSSR count). The van der Waals surface area contributed by atoms with Crippen LogP contribution in [0.1, 0.15) is 30.4 Å². The van der Waals surface area contributed by atoms with Gasteiger partial charge in [-0.15, -0.1) is 0 Å². The predicted molar refractivity (Wildman–Crippen MR) is 76.2 cm³/mol. The second kappa shape index (κ2) is 6.58. The molecule has 3 heteroatoms. The number of hydrogen-bond acceptors (Lipinski definition) is 3. The van der Waals surface area contributed by atoms with Gasteiger partial charge in [0.15, 0.2) is 0 Å². The lowest BCUT2D eigenvalue weighted by atomic mass is 10.1. The molecule has 0 amide bonds. The number of rotatable bonds is 5. The zero-order valence-corrected chi connectivity index (χ0v) is 11.9. The molecular weight excluding hydrogens is 236 g/mol. The van der Waals surface area contributed by atoms with Crippen LogP contribution >= 0.6 is 0 Å². The van der Waals surface area contributed by atoms with Gasteiger partial charge in [0.05, 0.1) is 18.5 Å². The molecule has 1 unspecified atom stereocenters. The minimum Gasteiger partial charge on any atom is -0.492 e. The molecule has 3 nitrogen and oxygen atoms in total. The van der Waals surface area contributed by atoms with Crippen molar-refractivity contribution in [2.75, 3.05) is 19.7 Å². The first-order valence-corrected chi connectivity index (χ1v) is 7.02. The summed E-state index contributed by atoms with van der Waals surface area (Å²) in [6.07, 6.45) is 3.03. The molecule has 0 N–H and O–H groups in total. The Morgan fingerprint density at radius 3 is 2.68 bits per heavy atom. The van der Waals surface area contributed by atoms with Gasteiger partial charge in [0.25, 0.3) is 0 Å². The zero-order chi connectivity index (χ0) is 13.7. The summed E-state index contributed by atoms with van der Waals surface area (Å²) in [6.45, 7) is 6.96. The minimum atomic E-state index is 0.230. The van der Waals surface area contributed by atoms with Crippen LogP contribution in [0.25, 0.3) is 0 Å².